The predicted molar refractivity (Wildman–Crippen MR) is 65.5 cm³/mol. The van der Waals surface area contributed by atoms with Crippen molar-refractivity contribution in [2.75, 3.05) is 0 Å². The summed E-state index contributed by atoms with van der Waals surface area (Å²) in [6, 6.07) is 9.52. The van der Waals surface area contributed by atoms with E-state index in [4.69, 9.17) is 11.6 Å². The summed E-state index contributed by atoms with van der Waals surface area (Å²) in [5.41, 5.74) is 1.38. The highest BCUT2D eigenvalue weighted by Crippen LogP contribution is 2.33. The number of benzene rings is 1. The molecular weight excluding hydrogens is 206 g/mol. The number of hydrogen-bond acceptors (Lipinski definition) is 1. The van der Waals surface area contributed by atoms with Crippen LogP contribution in [0.5, 0.6) is 0 Å². The molecule has 0 amide bonds. The van der Waals surface area contributed by atoms with Gasteiger partial charge in [-0.15, -0.1) is 0 Å². The van der Waals surface area contributed by atoms with Gasteiger partial charge in [-0.05, 0) is 37.5 Å². The Balaban J connectivity index is 2.22. The van der Waals surface area contributed by atoms with Crippen LogP contribution in [-0.4, -0.2) is 12.1 Å². The summed E-state index contributed by atoms with van der Waals surface area (Å²) in [5, 5.41) is 4.48. The van der Waals surface area contributed by atoms with E-state index in [1.54, 1.807) is 0 Å². The van der Waals surface area contributed by atoms with Crippen molar-refractivity contribution in [3.05, 3.63) is 34.9 Å². The molecule has 1 fully saturated rings. The van der Waals surface area contributed by atoms with E-state index < -0.39 is 0 Å². The quantitative estimate of drug-likeness (QED) is 0.808. The van der Waals surface area contributed by atoms with E-state index in [2.05, 4.69) is 31.3 Å². The number of halogens is 1. The van der Waals surface area contributed by atoms with Gasteiger partial charge in [-0.1, -0.05) is 30.7 Å². The fraction of sp³-hybridized carbons (Fsp3) is 0.538. The Kier molecular flexibility index (Phi) is 3.32. The Morgan fingerprint density at radius 3 is 2.93 bits per heavy atom. The molecule has 2 rings (SSSR count). The van der Waals surface area contributed by atoms with Gasteiger partial charge in [0.05, 0.1) is 0 Å². The van der Waals surface area contributed by atoms with Crippen molar-refractivity contribution in [3.8, 4) is 0 Å². The van der Waals surface area contributed by atoms with E-state index in [9.17, 15) is 0 Å². The molecule has 1 N–H and O–H groups in total. The number of rotatable bonds is 2. The largest absolute Gasteiger partial charge is 0.311 e. The second-order valence-electron chi connectivity index (χ2n) is 4.48. The molecule has 1 nitrogen and oxygen atoms in total. The van der Waals surface area contributed by atoms with E-state index in [0.717, 1.165) is 5.02 Å². The maximum absolute atomic E-state index is 6.03. The Labute approximate surface area is 96.8 Å². The van der Waals surface area contributed by atoms with Crippen molar-refractivity contribution in [1.29, 1.82) is 0 Å². The van der Waals surface area contributed by atoms with Crippen molar-refractivity contribution >= 4 is 11.6 Å². The Morgan fingerprint density at radius 1 is 1.47 bits per heavy atom. The molecule has 2 heteroatoms. The Morgan fingerprint density at radius 2 is 2.27 bits per heavy atom. The molecule has 82 valence electrons. The minimum absolute atomic E-state index is 0.610. The summed E-state index contributed by atoms with van der Waals surface area (Å²) in [6.07, 6.45) is 2.40. The second-order valence-corrected chi connectivity index (χ2v) is 4.92. The van der Waals surface area contributed by atoms with E-state index >= 15 is 0 Å². The molecule has 1 heterocycles. The van der Waals surface area contributed by atoms with Gasteiger partial charge >= 0.3 is 0 Å². The smallest absolute Gasteiger partial charge is 0.0408 e. The van der Waals surface area contributed by atoms with Gasteiger partial charge in [0.25, 0.3) is 0 Å². The Hall–Kier alpha value is -0.530. The van der Waals surface area contributed by atoms with Crippen LogP contribution in [0.1, 0.15) is 38.2 Å². The van der Waals surface area contributed by atoms with E-state index in [1.165, 1.54) is 18.4 Å². The normalized spacial score (nSPS) is 30.7. The van der Waals surface area contributed by atoms with Gasteiger partial charge in [-0.2, -0.15) is 0 Å². The SMILES string of the molecule is CCC1NC(C)CC1c1cccc(Cl)c1. The molecular formula is C13H18ClN. The summed E-state index contributed by atoms with van der Waals surface area (Å²) in [4.78, 5) is 0. The molecule has 15 heavy (non-hydrogen) atoms. The molecule has 3 unspecified atom stereocenters. The van der Waals surface area contributed by atoms with Crippen LogP contribution in [0.3, 0.4) is 0 Å². The maximum atomic E-state index is 6.03. The van der Waals surface area contributed by atoms with Crippen LogP contribution in [0.25, 0.3) is 0 Å². The average molecular weight is 224 g/mol. The Bertz CT molecular complexity index is 337. The molecule has 0 aliphatic carbocycles. The van der Waals surface area contributed by atoms with Gasteiger partial charge in [0.15, 0.2) is 0 Å². The van der Waals surface area contributed by atoms with Crippen molar-refractivity contribution in [3.63, 3.8) is 0 Å². The highest BCUT2D eigenvalue weighted by Gasteiger charge is 2.30. The van der Waals surface area contributed by atoms with Crippen molar-refractivity contribution in [2.45, 2.75) is 44.7 Å². The van der Waals surface area contributed by atoms with Gasteiger partial charge in [-0.25, -0.2) is 0 Å². The van der Waals surface area contributed by atoms with Crippen molar-refractivity contribution < 1.29 is 0 Å². The zero-order chi connectivity index (χ0) is 10.8. The van der Waals surface area contributed by atoms with Crippen LogP contribution in [0.2, 0.25) is 5.02 Å². The maximum Gasteiger partial charge on any atom is 0.0408 e. The molecule has 0 radical (unpaired) electrons. The fourth-order valence-electron chi connectivity index (χ4n) is 2.60. The van der Waals surface area contributed by atoms with Crippen molar-refractivity contribution in [2.24, 2.45) is 0 Å². The minimum atomic E-state index is 0.610. The van der Waals surface area contributed by atoms with Crippen LogP contribution in [0.15, 0.2) is 24.3 Å². The standard InChI is InChI=1S/C13H18ClN/c1-3-13-12(7-9(2)15-13)10-5-4-6-11(14)8-10/h4-6,8-9,12-13,15H,3,7H2,1-2H3. The van der Waals surface area contributed by atoms with Crippen LogP contribution in [0, 0.1) is 0 Å². The van der Waals surface area contributed by atoms with Crippen LogP contribution in [-0.2, 0) is 0 Å². The average Bonchev–Trinajstić information content (AvgIpc) is 2.59. The third-order valence-corrected chi connectivity index (χ3v) is 3.54. The summed E-state index contributed by atoms with van der Waals surface area (Å²) in [5.74, 6) is 0.628. The van der Waals surface area contributed by atoms with Crippen molar-refractivity contribution in [1.82, 2.24) is 5.32 Å². The van der Waals surface area contributed by atoms with Gasteiger partial charge in [0.1, 0.15) is 0 Å². The first-order valence-corrected chi connectivity index (χ1v) is 6.10. The lowest BCUT2D eigenvalue weighted by atomic mass is 9.90. The van der Waals surface area contributed by atoms with Crippen LogP contribution < -0.4 is 5.32 Å². The lowest BCUT2D eigenvalue weighted by Gasteiger charge is -2.18. The third-order valence-electron chi connectivity index (χ3n) is 3.31. The summed E-state index contributed by atoms with van der Waals surface area (Å²) in [6.45, 7) is 4.50. The summed E-state index contributed by atoms with van der Waals surface area (Å²) < 4.78 is 0. The van der Waals surface area contributed by atoms with Gasteiger partial charge in [-0.3, -0.25) is 0 Å². The van der Waals surface area contributed by atoms with E-state index in [0.29, 0.717) is 18.0 Å². The first-order chi connectivity index (χ1) is 7.20. The third kappa shape index (κ3) is 2.35. The zero-order valence-electron chi connectivity index (χ0n) is 9.33. The zero-order valence-corrected chi connectivity index (χ0v) is 10.1. The van der Waals surface area contributed by atoms with Gasteiger partial charge < -0.3 is 5.32 Å². The molecule has 1 aromatic rings. The highest BCUT2D eigenvalue weighted by molar-refractivity contribution is 6.30. The van der Waals surface area contributed by atoms with Crippen LogP contribution in [0.4, 0.5) is 0 Å². The summed E-state index contributed by atoms with van der Waals surface area (Å²) in [7, 11) is 0. The molecule has 0 spiro atoms. The number of nitrogens with one attached hydrogen (secondary N) is 1. The van der Waals surface area contributed by atoms with E-state index in [-0.39, 0.29) is 0 Å². The molecule has 1 aliphatic heterocycles. The molecule has 0 aromatic heterocycles. The topological polar surface area (TPSA) is 12.0 Å². The molecule has 0 bridgehead atoms. The van der Waals surface area contributed by atoms with Gasteiger partial charge in [0, 0.05) is 23.0 Å². The molecule has 0 saturated carbocycles. The number of hydrogen-bond donors (Lipinski definition) is 1. The second kappa shape index (κ2) is 4.54. The predicted octanol–water partition coefficient (Wildman–Crippen LogP) is 3.58. The summed E-state index contributed by atoms with van der Waals surface area (Å²) >= 11 is 6.03. The van der Waals surface area contributed by atoms with Crippen LogP contribution >= 0.6 is 11.6 Å². The molecule has 3 atom stereocenters. The molecule has 1 saturated heterocycles. The lowest BCUT2D eigenvalue weighted by molar-refractivity contribution is 0.517. The van der Waals surface area contributed by atoms with E-state index in [1.807, 2.05) is 12.1 Å². The lowest BCUT2D eigenvalue weighted by Crippen LogP contribution is -2.28. The molecule has 1 aliphatic rings. The fourth-order valence-corrected chi connectivity index (χ4v) is 2.80. The highest BCUT2D eigenvalue weighted by atomic mass is 35.5. The minimum Gasteiger partial charge on any atom is -0.311 e. The monoisotopic (exact) mass is 223 g/mol. The molecule has 1 aromatic carbocycles. The first-order valence-electron chi connectivity index (χ1n) is 5.72. The first kappa shape index (κ1) is 11.0. The van der Waals surface area contributed by atoms with Gasteiger partial charge in [0.2, 0.25) is 0 Å².